The highest BCUT2D eigenvalue weighted by Gasteiger charge is 2.18. The fourth-order valence-electron chi connectivity index (χ4n) is 1.54. The Kier molecular flexibility index (Phi) is 4.64. The Labute approximate surface area is 113 Å². The van der Waals surface area contributed by atoms with E-state index in [2.05, 4.69) is 5.32 Å². The smallest absolute Gasteiger partial charge is 0.412 e. The van der Waals surface area contributed by atoms with Gasteiger partial charge in [0.2, 0.25) is 0 Å². The van der Waals surface area contributed by atoms with Gasteiger partial charge in [0, 0.05) is 17.7 Å². The molecular weight excluding hydrogens is 246 g/mol. The molecule has 106 valence electrons. The Hall–Kier alpha value is -1.91. The lowest BCUT2D eigenvalue weighted by atomic mass is 10.1. The van der Waals surface area contributed by atoms with Crippen LogP contribution in [-0.2, 0) is 4.74 Å². The lowest BCUT2D eigenvalue weighted by Crippen LogP contribution is -2.27. The predicted octanol–water partition coefficient (Wildman–Crippen LogP) is 3.36. The average Bonchev–Trinajstić information content (AvgIpc) is 2.29. The second kappa shape index (κ2) is 5.82. The first-order valence-corrected chi connectivity index (χ1v) is 5.99. The van der Waals surface area contributed by atoms with E-state index in [0.717, 1.165) is 5.56 Å². The van der Waals surface area contributed by atoms with E-state index in [9.17, 15) is 4.79 Å². The highest BCUT2D eigenvalue weighted by Crippen LogP contribution is 2.31. The van der Waals surface area contributed by atoms with Crippen molar-refractivity contribution in [1.82, 2.24) is 0 Å². The van der Waals surface area contributed by atoms with Gasteiger partial charge in [-0.1, -0.05) is 0 Å². The Bertz CT molecular complexity index is 463. The summed E-state index contributed by atoms with van der Waals surface area (Å²) in [5, 5.41) is 2.70. The normalized spacial score (nSPS) is 10.8. The molecule has 0 bridgehead atoms. The Morgan fingerprint density at radius 1 is 1.16 bits per heavy atom. The number of rotatable bonds is 3. The Morgan fingerprint density at radius 2 is 1.79 bits per heavy atom. The molecule has 0 saturated heterocycles. The third-order valence-corrected chi connectivity index (χ3v) is 2.42. The van der Waals surface area contributed by atoms with E-state index in [-0.39, 0.29) is 0 Å². The van der Waals surface area contributed by atoms with Crippen LogP contribution in [0, 0.1) is 6.92 Å². The van der Waals surface area contributed by atoms with Crippen LogP contribution in [0.4, 0.5) is 10.5 Å². The zero-order valence-electron chi connectivity index (χ0n) is 12.3. The van der Waals surface area contributed by atoms with Gasteiger partial charge in [-0.05, 0) is 27.7 Å². The molecule has 1 aromatic rings. The number of anilines is 1. The fourth-order valence-corrected chi connectivity index (χ4v) is 1.54. The molecule has 0 saturated carbocycles. The van der Waals surface area contributed by atoms with Gasteiger partial charge < -0.3 is 14.2 Å². The number of hydrogen-bond acceptors (Lipinski definition) is 4. The zero-order valence-corrected chi connectivity index (χ0v) is 12.3. The molecule has 0 radical (unpaired) electrons. The molecule has 0 atom stereocenters. The molecule has 1 rings (SSSR count). The topological polar surface area (TPSA) is 56.8 Å². The van der Waals surface area contributed by atoms with Crippen molar-refractivity contribution in [3.63, 3.8) is 0 Å². The van der Waals surface area contributed by atoms with E-state index in [0.29, 0.717) is 17.2 Å². The molecule has 1 aromatic carbocycles. The minimum Gasteiger partial charge on any atom is -0.497 e. The summed E-state index contributed by atoms with van der Waals surface area (Å²) >= 11 is 0. The molecule has 0 heterocycles. The van der Waals surface area contributed by atoms with Crippen LogP contribution in [-0.4, -0.2) is 25.9 Å². The summed E-state index contributed by atoms with van der Waals surface area (Å²) in [6.07, 6.45) is -0.508. The van der Waals surface area contributed by atoms with Crippen LogP contribution in [0.25, 0.3) is 0 Å². The quantitative estimate of drug-likeness (QED) is 0.912. The molecule has 19 heavy (non-hydrogen) atoms. The predicted molar refractivity (Wildman–Crippen MR) is 74.1 cm³/mol. The molecule has 0 aliphatic heterocycles. The van der Waals surface area contributed by atoms with Crippen LogP contribution in [0.2, 0.25) is 0 Å². The third-order valence-electron chi connectivity index (χ3n) is 2.42. The highest BCUT2D eigenvalue weighted by molar-refractivity contribution is 5.87. The van der Waals surface area contributed by atoms with E-state index in [1.165, 1.54) is 0 Å². The lowest BCUT2D eigenvalue weighted by Gasteiger charge is -2.20. The maximum atomic E-state index is 11.8. The summed E-state index contributed by atoms with van der Waals surface area (Å²) in [4.78, 5) is 11.8. The first-order valence-electron chi connectivity index (χ1n) is 5.99. The van der Waals surface area contributed by atoms with Crippen LogP contribution in [0.1, 0.15) is 26.3 Å². The van der Waals surface area contributed by atoms with Crippen molar-refractivity contribution >= 4 is 11.8 Å². The summed E-state index contributed by atoms with van der Waals surface area (Å²) in [5.74, 6) is 1.25. The van der Waals surface area contributed by atoms with Gasteiger partial charge >= 0.3 is 6.09 Å². The number of carbonyl (C=O) groups is 1. The SMILES string of the molecule is COc1cc(NC(=O)OC(C)(C)C)c(C)c(OC)c1. The second-order valence-corrected chi connectivity index (χ2v) is 5.13. The van der Waals surface area contributed by atoms with Crippen LogP contribution < -0.4 is 14.8 Å². The zero-order chi connectivity index (χ0) is 14.6. The van der Waals surface area contributed by atoms with Crippen LogP contribution in [0.15, 0.2) is 12.1 Å². The molecule has 1 amide bonds. The van der Waals surface area contributed by atoms with Crippen molar-refractivity contribution in [3.05, 3.63) is 17.7 Å². The molecule has 0 spiro atoms. The summed E-state index contributed by atoms with van der Waals surface area (Å²) < 4.78 is 15.6. The van der Waals surface area contributed by atoms with Crippen LogP contribution >= 0.6 is 0 Å². The Morgan fingerprint density at radius 3 is 2.26 bits per heavy atom. The molecule has 0 aliphatic rings. The number of benzene rings is 1. The van der Waals surface area contributed by atoms with Crippen LogP contribution in [0.5, 0.6) is 11.5 Å². The minimum absolute atomic E-state index is 0.508. The van der Waals surface area contributed by atoms with Gasteiger partial charge in [-0.15, -0.1) is 0 Å². The maximum absolute atomic E-state index is 11.8. The largest absolute Gasteiger partial charge is 0.497 e. The molecule has 0 aliphatic carbocycles. The Balaban J connectivity index is 2.97. The third kappa shape index (κ3) is 4.35. The van der Waals surface area contributed by atoms with E-state index in [4.69, 9.17) is 14.2 Å². The minimum atomic E-state index is -0.541. The summed E-state index contributed by atoms with van der Waals surface area (Å²) in [7, 11) is 3.13. The van der Waals surface area contributed by atoms with Gasteiger partial charge in [0.1, 0.15) is 17.1 Å². The fraction of sp³-hybridized carbons (Fsp3) is 0.500. The number of amides is 1. The molecule has 1 N–H and O–H groups in total. The number of hydrogen-bond donors (Lipinski definition) is 1. The first-order chi connectivity index (χ1) is 8.76. The molecule has 0 aromatic heterocycles. The standard InChI is InChI=1S/C14H21NO4/c1-9-11(15-13(16)19-14(2,3)4)7-10(17-5)8-12(9)18-6/h7-8H,1-6H3,(H,15,16). The summed E-state index contributed by atoms with van der Waals surface area (Å²) in [6, 6.07) is 3.48. The monoisotopic (exact) mass is 267 g/mol. The lowest BCUT2D eigenvalue weighted by molar-refractivity contribution is 0.0636. The van der Waals surface area contributed by atoms with E-state index in [1.54, 1.807) is 26.4 Å². The number of ether oxygens (including phenoxy) is 3. The molecular formula is C14H21NO4. The van der Waals surface area contributed by atoms with Gasteiger partial charge in [0.05, 0.1) is 19.9 Å². The van der Waals surface area contributed by atoms with Crippen LogP contribution in [0.3, 0.4) is 0 Å². The van der Waals surface area contributed by atoms with Crippen molar-refractivity contribution in [3.8, 4) is 11.5 Å². The van der Waals surface area contributed by atoms with Gasteiger partial charge in [-0.25, -0.2) is 4.79 Å². The summed E-state index contributed by atoms with van der Waals surface area (Å²) in [5.41, 5.74) is 0.876. The molecule has 0 unspecified atom stereocenters. The number of nitrogens with one attached hydrogen (secondary N) is 1. The maximum Gasteiger partial charge on any atom is 0.412 e. The average molecular weight is 267 g/mol. The molecule has 5 nitrogen and oxygen atoms in total. The van der Waals surface area contributed by atoms with E-state index >= 15 is 0 Å². The number of carbonyl (C=O) groups excluding carboxylic acids is 1. The first kappa shape index (κ1) is 15.1. The highest BCUT2D eigenvalue weighted by atomic mass is 16.6. The van der Waals surface area contributed by atoms with Crippen molar-refractivity contribution < 1.29 is 19.0 Å². The van der Waals surface area contributed by atoms with Gasteiger partial charge in [-0.2, -0.15) is 0 Å². The van der Waals surface area contributed by atoms with E-state index < -0.39 is 11.7 Å². The molecule has 0 fully saturated rings. The van der Waals surface area contributed by atoms with Gasteiger partial charge in [0.25, 0.3) is 0 Å². The number of methoxy groups -OCH3 is 2. The van der Waals surface area contributed by atoms with Crippen molar-refractivity contribution in [1.29, 1.82) is 0 Å². The van der Waals surface area contributed by atoms with Crippen molar-refractivity contribution in [2.75, 3.05) is 19.5 Å². The van der Waals surface area contributed by atoms with Gasteiger partial charge in [-0.3, -0.25) is 5.32 Å². The van der Waals surface area contributed by atoms with Gasteiger partial charge in [0.15, 0.2) is 0 Å². The van der Waals surface area contributed by atoms with Crippen molar-refractivity contribution in [2.45, 2.75) is 33.3 Å². The van der Waals surface area contributed by atoms with Crippen molar-refractivity contribution in [2.24, 2.45) is 0 Å². The van der Waals surface area contributed by atoms with E-state index in [1.807, 2.05) is 27.7 Å². The summed E-state index contributed by atoms with van der Waals surface area (Å²) in [6.45, 7) is 7.29. The molecule has 5 heteroatoms. The second-order valence-electron chi connectivity index (χ2n) is 5.13.